The van der Waals surface area contributed by atoms with E-state index in [4.69, 9.17) is 9.47 Å². The molecule has 21 heavy (non-hydrogen) atoms. The summed E-state index contributed by atoms with van der Waals surface area (Å²) in [6, 6.07) is 5.68. The Labute approximate surface area is 132 Å². The van der Waals surface area contributed by atoms with E-state index in [2.05, 4.69) is 36.5 Å². The maximum atomic E-state index is 5.39. The molecule has 0 aliphatic rings. The summed E-state index contributed by atoms with van der Waals surface area (Å²) in [6.45, 7) is 2.75. The number of hydrogen-bond donors (Lipinski definition) is 2. The largest absolute Gasteiger partial charge is 0.496 e. The Hall–Kier alpha value is -2.02. The van der Waals surface area contributed by atoms with Gasteiger partial charge in [0.05, 0.1) is 18.7 Å². The summed E-state index contributed by atoms with van der Waals surface area (Å²) in [7, 11) is 3.22. The number of hydrogen-bond acceptors (Lipinski definition) is 6. The molecule has 0 spiro atoms. The summed E-state index contributed by atoms with van der Waals surface area (Å²) >= 11 is 3.45. The molecule has 0 saturated carbocycles. The zero-order valence-electron chi connectivity index (χ0n) is 12.1. The zero-order chi connectivity index (χ0) is 15.2. The van der Waals surface area contributed by atoms with Crippen molar-refractivity contribution in [1.82, 2.24) is 9.97 Å². The number of benzene rings is 1. The molecule has 0 fully saturated rings. The highest BCUT2D eigenvalue weighted by Gasteiger charge is 2.12. The van der Waals surface area contributed by atoms with Crippen molar-refractivity contribution in [3.63, 3.8) is 0 Å². The maximum absolute atomic E-state index is 5.39. The fourth-order valence-corrected chi connectivity index (χ4v) is 2.37. The van der Waals surface area contributed by atoms with Gasteiger partial charge in [0.1, 0.15) is 12.1 Å². The van der Waals surface area contributed by atoms with Gasteiger partial charge in [0.15, 0.2) is 11.6 Å². The molecule has 1 heterocycles. The van der Waals surface area contributed by atoms with Crippen LogP contribution in [0.15, 0.2) is 29.0 Å². The Balaban J connectivity index is 2.30. The van der Waals surface area contributed by atoms with Crippen molar-refractivity contribution in [3.05, 3.63) is 29.0 Å². The van der Waals surface area contributed by atoms with E-state index in [1.807, 2.05) is 25.1 Å². The van der Waals surface area contributed by atoms with E-state index in [9.17, 15) is 0 Å². The van der Waals surface area contributed by atoms with Gasteiger partial charge in [-0.3, -0.25) is 0 Å². The first-order valence-corrected chi connectivity index (χ1v) is 7.22. The Morgan fingerprint density at radius 1 is 1.14 bits per heavy atom. The number of nitrogens with one attached hydrogen (secondary N) is 2. The molecule has 2 rings (SSSR count). The number of ether oxygens (including phenoxy) is 2. The second kappa shape index (κ2) is 7.12. The van der Waals surface area contributed by atoms with E-state index in [0.29, 0.717) is 17.4 Å². The molecule has 0 unspecified atom stereocenters. The summed E-state index contributed by atoms with van der Waals surface area (Å²) in [6.07, 6.45) is 1.49. The van der Waals surface area contributed by atoms with Crippen molar-refractivity contribution in [1.29, 1.82) is 0 Å². The van der Waals surface area contributed by atoms with Crippen LogP contribution in [0.3, 0.4) is 0 Å². The average molecular weight is 353 g/mol. The number of nitrogens with zero attached hydrogens (tertiary/aromatic N) is 2. The molecule has 6 nitrogen and oxygen atoms in total. The van der Waals surface area contributed by atoms with Gasteiger partial charge in [-0.2, -0.15) is 0 Å². The number of methoxy groups -OCH3 is 2. The lowest BCUT2D eigenvalue weighted by Crippen LogP contribution is -2.05. The summed E-state index contributed by atoms with van der Waals surface area (Å²) in [4.78, 5) is 8.40. The molecule has 0 amide bonds. The predicted molar refractivity (Wildman–Crippen MR) is 86.7 cm³/mol. The zero-order valence-corrected chi connectivity index (χ0v) is 13.7. The van der Waals surface area contributed by atoms with Gasteiger partial charge in [-0.05, 0) is 41.1 Å². The molecule has 2 aromatic rings. The van der Waals surface area contributed by atoms with Crippen LogP contribution < -0.4 is 20.1 Å². The Bertz CT molecular complexity index is 622. The molecule has 0 aliphatic carbocycles. The van der Waals surface area contributed by atoms with E-state index < -0.39 is 0 Å². The highest BCUT2D eigenvalue weighted by molar-refractivity contribution is 9.10. The fraction of sp³-hybridized carbons (Fsp3) is 0.286. The second-order valence-electron chi connectivity index (χ2n) is 4.11. The topological polar surface area (TPSA) is 68.3 Å². The van der Waals surface area contributed by atoms with Gasteiger partial charge in [-0.25, -0.2) is 9.97 Å². The standard InChI is InChI=1S/C14H17BrN4O2/c1-4-16-13-12(21-3)14(18-8-17-13)19-9-5-6-11(20-2)10(15)7-9/h5-8H,4H2,1-3H3,(H2,16,17,18,19). The lowest BCUT2D eigenvalue weighted by Gasteiger charge is -2.14. The van der Waals surface area contributed by atoms with Crippen LogP contribution in [-0.4, -0.2) is 30.7 Å². The Morgan fingerprint density at radius 3 is 2.52 bits per heavy atom. The molecule has 112 valence electrons. The normalized spacial score (nSPS) is 10.1. The predicted octanol–water partition coefficient (Wildman–Crippen LogP) is 3.43. The van der Waals surface area contributed by atoms with Crippen LogP contribution in [0.4, 0.5) is 17.3 Å². The van der Waals surface area contributed by atoms with Gasteiger partial charge >= 0.3 is 0 Å². The molecule has 7 heteroatoms. The van der Waals surface area contributed by atoms with Crippen LogP contribution >= 0.6 is 15.9 Å². The molecular formula is C14H17BrN4O2. The van der Waals surface area contributed by atoms with Crippen molar-refractivity contribution < 1.29 is 9.47 Å². The highest BCUT2D eigenvalue weighted by atomic mass is 79.9. The lowest BCUT2D eigenvalue weighted by molar-refractivity contribution is 0.412. The molecule has 0 bridgehead atoms. The highest BCUT2D eigenvalue weighted by Crippen LogP contribution is 2.33. The fourth-order valence-electron chi connectivity index (χ4n) is 1.83. The third-order valence-electron chi connectivity index (χ3n) is 2.77. The van der Waals surface area contributed by atoms with Gasteiger partial charge in [0, 0.05) is 12.2 Å². The second-order valence-corrected chi connectivity index (χ2v) is 4.96. The van der Waals surface area contributed by atoms with E-state index in [0.717, 1.165) is 22.5 Å². The van der Waals surface area contributed by atoms with Crippen LogP contribution in [0.2, 0.25) is 0 Å². The Kier molecular flexibility index (Phi) is 5.21. The average Bonchev–Trinajstić information content (AvgIpc) is 2.48. The minimum absolute atomic E-state index is 0.575. The molecule has 0 saturated heterocycles. The lowest BCUT2D eigenvalue weighted by atomic mass is 10.3. The van der Waals surface area contributed by atoms with Crippen molar-refractivity contribution in [2.45, 2.75) is 6.92 Å². The van der Waals surface area contributed by atoms with Gasteiger partial charge in [-0.1, -0.05) is 0 Å². The number of aromatic nitrogens is 2. The van der Waals surface area contributed by atoms with E-state index in [-0.39, 0.29) is 0 Å². The summed E-state index contributed by atoms with van der Waals surface area (Å²) in [5.41, 5.74) is 0.863. The van der Waals surface area contributed by atoms with Crippen molar-refractivity contribution in [3.8, 4) is 11.5 Å². The molecule has 0 aliphatic heterocycles. The molecule has 0 atom stereocenters. The smallest absolute Gasteiger partial charge is 0.204 e. The van der Waals surface area contributed by atoms with Crippen LogP contribution in [0.1, 0.15) is 6.92 Å². The van der Waals surface area contributed by atoms with Gasteiger partial charge < -0.3 is 20.1 Å². The first-order valence-electron chi connectivity index (χ1n) is 6.43. The first kappa shape index (κ1) is 15.4. The van der Waals surface area contributed by atoms with Gasteiger partial charge in [0.25, 0.3) is 0 Å². The van der Waals surface area contributed by atoms with Gasteiger partial charge in [-0.15, -0.1) is 0 Å². The molecule has 0 radical (unpaired) electrons. The quantitative estimate of drug-likeness (QED) is 0.829. The van der Waals surface area contributed by atoms with Crippen LogP contribution in [0.25, 0.3) is 0 Å². The van der Waals surface area contributed by atoms with Crippen molar-refractivity contribution >= 4 is 33.3 Å². The minimum Gasteiger partial charge on any atom is -0.496 e. The molecule has 1 aromatic heterocycles. The third-order valence-corrected chi connectivity index (χ3v) is 3.39. The number of halogens is 1. The number of rotatable bonds is 6. The van der Waals surface area contributed by atoms with Crippen molar-refractivity contribution in [2.75, 3.05) is 31.4 Å². The molecule has 1 aromatic carbocycles. The van der Waals surface area contributed by atoms with Gasteiger partial charge in [0.2, 0.25) is 5.75 Å². The van der Waals surface area contributed by atoms with Crippen LogP contribution in [-0.2, 0) is 0 Å². The summed E-state index contributed by atoms with van der Waals surface area (Å²) in [5, 5.41) is 6.35. The van der Waals surface area contributed by atoms with E-state index in [1.165, 1.54) is 6.33 Å². The van der Waals surface area contributed by atoms with E-state index in [1.54, 1.807) is 14.2 Å². The Morgan fingerprint density at radius 2 is 1.90 bits per heavy atom. The monoisotopic (exact) mass is 352 g/mol. The maximum Gasteiger partial charge on any atom is 0.204 e. The molecular weight excluding hydrogens is 336 g/mol. The van der Waals surface area contributed by atoms with Crippen LogP contribution in [0, 0.1) is 0 Å². The summed E-state index contributed by atoms with van der Waals surface area (Å²) < 4.78 is 11.5. The first-order chi connectivity index (χ1) is 10.2. The van der Waals surface area contributed by atoms with Crippen LogP contribution in [0.5, 0.6) is 11.5 Å². The summed E-state index contributed by atoms with van der Waals surface area (Å²) in [5.74, 6) is 2.60. The third kappa shape index (κ3) is 3.55. The SMILES string of the molecule is CCNc1ncnc(Nc2ccc(OC)c(Br)c2)c1OC. The molecule has 2 N–H and O–H groups in total. The minimum atomic E-state index is 0.575. The van der Waals surface area contributed by atoms with Crippen molar-refractivity contribution in [2.24, 2.45) is 0 Å². The van der Waals surface area contributed by atoms with E-state index >= 15 is 0 Å². The number of anilines is 3.